The summed E-state index contributed by atoms with van der Waals surface area (Å²) in [6.45, 7) is -0.143. The summed E-state index contributed by atoms with van der Waals surface area (Å²) in [5.41, 5.74) is 6.60. The molecule has 0 fully saturated rings. The second-order valence-electron chi connectivity index (χ2n) is 6.66. The van der Waals surface area contributed by atoms with Gasteiger partial charge in [-0.1, -0.05) is 42.5 Å². The number of aliphatic hydroxyl groups is 1. The van der Waals surface area contributed by atoms with Crippen molar-refractivity contribution in [1.82, 2.24) is 10.6 Å². The number of amides is 3. The van der Waals surface area contributed by atoms with E-state index in [9.17, 15) is 23.9 Å². The molecule has 0 heterocycles. The molecule has 0 aliphatic heterocycles. The standard InChI is InChI=1S/C21H24FN3O5/c22-16-8-4-7-15(9-16)10-18(20(23)28)25-19(27)11-17(26)12-24-21(29)30-13-14-5-2-1-3-6-14/h1-9,17-18,26H,10-13H2,(H2,23,28)(H,24,29)(H,25,27)/t17-,18-/m0/s1. The number of nitrogens with two attached hydrogens (primary N) is 1. The molecular formula is C21H24FN3O5. The Kier molecular flexibility index (Phi) is 8.76. The molecule has 0 radical (unpaired) electrons. The Bertz CT molecular complexity index is 863. The lowest BCUT2D eigenvalue weighted by atomic mass is 10.0. The lowest BCUT2D eigenvalue weighted by molar-refractivity contribution is -0.128. The molecule has 3 amide bonds. The normalized spacial score (nSPS) is 12.5. The second kappa shape index (κ2) is 11.5. The third kappa shape index (κ3) is 8.27. The van der Waals surface area contributed by atoms with Gasteiger partial charge in [-0.3, -0.25) is 9.59 Å². The number of hydrogen-bond donors (Lipinski definition) is 4. The van der Waals surface area contributed by atoms with Gasteiger partial charge in [-0.2, -0.15) is 0 Å². The zero-order chi connectivity index (χ0) is 21.9. The lowest BCUT2D eigenvalue weighted by Crippen LogP contribution is -2.47. The number of halogens is 1. The summed E-state index contributed by atoms with van der Waals surface area (Å²) in [6.07, 6.45) is -2.29. The van der Waals surface area contributed by atoms with E-state index in [0.29, 0.717) is 5.56 Å². The van der Waals surface area contributed by atoms with Crippen molar-refractivity contribution >= 4 is 17.9 Å². The Labute approximate surface area is 173 Å². The zero-order valence-corrected chi connectivity index (χ0v) is 16.2. The van der Waals surface area contributed by atoms with Gasteiger partial charge in [-0.05, 0) is 23.3 Å². The highest BCUT2D eigenvalue weighted by atomic mass is 19.1. The topological polar surface area (TPSA) is 131 Å². The molecule has 30 heavy (non-hydrogen) atoms. The quantitative estimate of drug-likeness (QED) is 0.458. The maximum Gasteiger partial charge on any atom is 0.407 e. The fourth-order valence-corrected chi connectivity index (χ4v) is 2.64. The van der Waals surface area contributed by atoms with Crippen LogP contribution in [0.1, 0.15) is 17.5 Å². The Balaban J connectivity index is 1.73. The molecular weight excluding hydrogens is 393 g/mol. The van der Waals surface area contributed by atoms with E-state index in [4.69, 9.17) is 10.5 Å². The van der Waals surface area contributed by atoms with Crippen molar-refractivity contribution < 1.29 is 28.6 Å². The van der Waals surface area contributed by atoms with Gasteiger partial charge in [0.1, 0.15) is 18.5 Å². The maximum atomic E-state index is 13.3. The number of carbonyl (C=O) groups is 3. The maximum absolute atomic E-state index is 13.3. The van der Waals surface area contributed by atoms with Crippen LogP contribution in [0.3, 0.4) is 0 Å². The number of hydrogen-bond acceptors (Lipinski definition) is 5. The first-order valence-electron chi connectivity index (χ1n) is 9.29. The SMILES string of the molecule is NC(=O)[C@H](Cc1cccc(F)c1)NC(=O)C[C@H](O)CNC(=O)OCc1ccccc1. The van der Waals surface area contributed by atoms with Gasteiger partial charge in [-0.25, -0.2) is 9.18 Å². The van der Waals surface area contributed by atoms with Crippen LogP contribution < -0.4 is 16.4 Å². The van der Waals surface area contributed by atoms with Gasteiger partial charge in [0.2, 0.25) is 11.8 Å². The number of aliphatic hydroxyl groups excluding tert-OH is 1. The molecule has 0 spiro atoms. The van der Waals surface area contributed by atoms with Crippen LogP contribution in [-0.4, -0.2) is 41.7 Å². The largest absolute Gasteiger partial charge is 0.445 e. The molecule has 2 aromatic rings. The molecule has 160 valence electrons. The van der Waals surface area contributed by atoms with E-state index in [-0.39, 0.29) is 26.0 Å². The van der Waals surface area contributed by atoms with Crippen LogP contribution in [0.5, 0.6) is 0 Å². The van der Waals surface area contributed by atoms with Gasteiger partial charge in [0.05, 0.1) is 12.5 Å². The third-order valence-electron chi connectivity index (χ3n) is 4.12. The smallest absolute Gasteiger partial charge is 0.407 e. The predicted octanol–water partition coefficient (Wildman–Crippen LogP) is 1.02. The zero-order valence-electron chi connectivity index (χ0n) is 16.2. The van der Waals surface area contributed by atoms with E-state index in [1.165, 1.54) is 18.2 Å². The van der Waals surface area contributed by atoms with E-state index in [2.05, 4.69) is 10.6 Å². The number of primary amides is 1. The Morgan fingerprint density at radius 3 is 2.43 bits per heavy atom. The summed E-state index contributed by atoms with van der Waals surface area (Å²) in [4.78, 5) is 35.3. The first-order chi connectivity index (χ1) is 14.3. The van der Waals surface area contributed by atoms with Gasteiger partial charge >= 0.3 is 6.09 Å². The van der Waals surface area contributed by atoms with Gasteiger partial charge in [0, 0.05) is 13.0 Å². The highest BCUT2D eigenvalue weighted by Crippen LogP contribution is 2.07. The van der Waals surface area contributed by atoms with Crippen molar-refractivity contribution in [2.45, 2.75) is 31.6 Å². The molecule has 0 aromatic heterocycles. The molecule has 9 heteroatoms. The summed E-state index contributed by atoms with van der Waals surface area (Å²) >= 11 is 0. The fourth-order valence-electron chi connectivity index (χ4n) is 2.64. The first-order valence-corrected chi connectivity index (χ1v) is 9.29. The van der Waals surface area contributed by atoms with Crippen molar-refractivity contribution in [2.75, 3.05) is 6.54 Å². The minimum Gasteiger partial charge on any atom is -0.445 e. The molecule has 0 unspecified atom stereocenters. The molecule has 0 aliphatic rings. The highest BCUT2D eigenvalue weighted by molar-refractivity contribution is 5.87. The molecule has 0 saturated carbocycles. The molecule has 0 saturated heterocycles. The van der Waals surface area contributed by atoms with Gasteiger partial charge in [0.15, 0.2) is 0 Å². The summed E-state index contributed by atoms with van der Waals surface area (Å²) in [6, 6.07) is 13.6. The minimum atomic E-state index is -1.20. The lowest BCUT2D eigenvalue weighted by Gasteiger charge is -2.17. The monoisotopic (exact) mass is 417 g/mol. The van der Waals surface area contributed by atoms with E-state index < -0.39 is 35.9 Å². The number of nitrogens with one attached hydrogen (secondary N) is 2. The summed E-state index contributed by atoms with van der Waals surface area (Å²) in [7, 11) is 0. The van der Waals surface area contributed by atoms with Crippen LogP contribution in [-0.2, 0) is 27.4 Å². The molecule has 5 N–H and O–H groups in total. The highest BCUT2D eigenvalue weighted by Gasteiger charge is 2.21. The van der Waals surface area contributed by atoms with Crippen LogP contribution in [0.25, 0.3) is 0 Å². The van der Waals surface area contributed by atoms with Crippen LogP contribution in [0, 0.1) is 5.82 Å². The summed E-state index contributed by atoms with van der Waals surface area (Å²) in [5, 5.41) is 14.7. The van der Waals surface area contributed by atoms with E-state index in [1.807, 2.05) is 18.2 Å². The average Bonchev–Trinajstić information content (AvgIpc) is 2.71. The first kappa shape index (κ1) is 22.8. The van der Waals surface area contributed by atoms with E-state index >= 15 is 0 Å². The minimum absolute atomic E-state index is 0.0129. The van der Waals surface area contributed by atoms with Crippen molar-refractivity contribution in [3.8, 4) is 0 Å². The van der Waals surface area contributed by atoms with Crippen molar-refractivity contribution in [2.24, 2.45) is 5.73 Å². The van der Waals surface area contributed by atoms with Crippen LogP contribution in [0.2, 0.25) is 0 Å². The summed E-state index contributed by atoms with van der Waals surface area (Å²) in [5.74, 6) is -1.89. The van der Waals surface area contributed by atoms with Gasteiger partial charge < -0.3 is 26.2 Å². The van der Waals surface area contributed by atoms with Crippen molar-refractivity contribution in [3.05, 3.63) is 71.5 Å². The number of ether oxygens (including phenoxy) is 1. The van der Waals surface area contributed by atoms with E-state index in [0.717, 1.165) is 5.56 Å². The molecule has 0 bridgehead atoms. The predicted molar refractivity (Wildman–Crippen MR) is 106 cm³/mol. The Hall–Kier alpha value is -3.46. The van der Waals surface area contributed by atoms with E-state index in [1.54, 1.807) is 18.2 Å². The Morgan fingerprint density at radius 2 is 1.77 bits per heavy atom. The van der Waals surface area contributed by atoms with Crippen LogP contribution in [0.4, 0.5) is 9.18 Å². The van der Waals surface area contributed by atoms with Crippen molar-refractivity contribution in [1.29, 1.82) is 0 Å². The van der Waals surface area contributed by atoms with Gasteiger partial charge in [0.25, 0.3) is 0 Å². The fraction of sp³-hybridized carbons (Fsp3) is 0.286. The third-order valence-corrected chi connectivity index (χ3v) is 4.12. The molecule has 2 aromatic carbocycles. The molecule has 2 rings (SSSR count). The number of alkyl carbamates (subject to hydrolysis) is 1. The molecule has 2 atom stereocenters. The average molecular weight is 417 g/mol. The molecule has 0 aliphatic carbocycles. The van der Waals surface area contributed by atoms with Crippen LogP contribution in [0.15, 0.2) is 54.6 Å². The Morgan fingerprint density at radius 1 is 1.07 bits per heavy atom. The van der Waals surface area contributed by atoms with Crippen molar-refractivity contribution in [3.63, 3.8) is 0 Å². The van der Waals surface area contributed by atoms with Gasteiger partial charge in [-0.15, -0.1) is 0 Å². The molecule has 8 nitrogen and oxygen atoms in total. The second-order valence-corrected chi connectivity index (χ2v) is 6.66. The van der Waals surface area contributed by atoms with Crippen LogP contribution >= 0.6 is 0 Å². The number of benzene rings is 2. The summed E-state index contributed by atoms with van der Waals surface area (Å²) < 4.78 is 18.3. The number of rotatable bonds is 10. The number of carbonyl (C=O) groups excluding carboxylic acids is 3.